The molecule has 0 saturated carbocycles. The van der Waals surface area contributed by atoms with E-state index in [2.05, 4.69) is 11.9 Å². The van der Waals surface area contributed by atoms with E-state index in [4.69, 9.17) is 0 Å². The van der Waals surface area contributed by atoms with Gasteiger partial charge < -0.3 is 4.90 Å². The van der Waals surface area contributed by atoms with E-state index in [9.17, 15) is 8.42 Å². The van der Waals surface area contributed by atoms with Crippen molar-refractivity contribution in [2.45, 2.75) is 25.7 Å². The number of hydrogen-bond donors (Lipinski definition) is 0. The summed E-state index contributed by atoms with van der Waals surface area (Å²) in [5.74, 6) is 0.983. The normalized spacial score (nSPS) is 26.0. The molecule has 0 amide bonds. The molecule has 1 aliphatic heterocycles. The van der Waals surface area contributed by atoms with E-state index in [1.165, 1.54) is 19.1 Å². The molecule has 0 radical (unpaired) electrons. The lowest BCUT2D eigenvalue weighted by atomic mass is 9.98. The summed E-state index contributed by atoms with van der Waals surface area (Å²) in [7, 11) is -0.625. The smallest absolute Gasteiger partial charge is 0.147 e. The van der Waals surface area contributed by atoms with Gasteiger partial charge in [0.05, 0.1) is 5.75 Å². The van der Waals surface area contributed by atoms with Crippen LogP contribution in [0, 0.1) is 5.92 Å². The lowest BCUT2D eigenvalue weighted by Crippen LogP contribution is -2.19. The Morgan fingerprint density at radius 2 is 2.00 bits per heavy atom. The number of sulfone groups is 1. The van der Waals surface area contributed by atoms with Crippen LogP contribution >= 0.6 is 0 Å². The minimum absolute atomic E-state index is 0.362. The second kappa shape index (κ2) is 5.12. The molecular formula is C10H21NO2S. The summed E-state index contributed by atoms with van der Waals surface area (Å²) in [6.07, 6.45) is 5.75. The summed E-state index contributed by atoms with van der Waals surface area (Å²) < 4.78 is 22.0. The van der Waals surface area contributed by atoms with Gasteiger partial charge in [-0.2, -0.15) is 0 Å². The third kappa shape index (κ3) is 4.96. The molecule has 3 nitrogen and oxygen atoms in total. The molecule has 0 bridgehead atoms. The summed E-state index contributed by atoms with van der Waals surface area (Å²) in [5.41, 5.74) is 0. The molecule has 1 aliphatic rings. The van der Waals surface area contributed by atoms with E-state index in [-0.39, 0.29) is 0 Å². The first-order valence-corrected chi connectivity index (χ1v) is 7.40. The van der Waals surface area contributed by atoms with Gasteiger partial charge in [0.15, 0.2) is 0 Å². The zero-order valence-electron chi connectivity index (χ0n) is 9.20. The van der Waals surface area contributed by atoms with Crippen LogP contribution in [-0.2, 0) is 9.84 Å². The molecule has 14 heavy (non-hydrogen) atoms. The molecular weight excluding hydrogens is 198 g/mol. The fraction of sp³-hybridized carbons (Fsp3) is 1.00. The highest BCUT2D eigenvalue weighted by atomic mass is 32.2. The summed E-state index contributed by atoms with van der Waals surface area (Å²) in [6.45, 7) is 2.28. The van der Waals surface area contributed by atoms with Gasteiger partial charge in [0, 0.05) is 6.26 Å². The summed E-state index contributed by atoms with van der Waals surface area (Å²) in [5, 5.41) is 0. The van der Waals surface area contributed by atoms with Crippen LogP contribution in [0.5, 0.6) is 0 Å². The summed E-state index contributed by atoms with van der Waals surface area (Å²) in [4.78, 5) is 2.33. The van der Waals surface area contributed by atoms with Crippen molar-refractivity contribution in [1.29, 1.82) is 0 Å². The van der Waals surface area contributed by atoms with Crippen molar-refractivity contribution in [2.24, 2.45) is 5.92 Å². The molecule has 1 fully saturated rings. The van der Waals surface area contributed by atoms with Gasteiger partial charge in [-0.15, -0.1) is 0 Å². The van der Waals surface area contributed by atoms with Crippen LogP contribution in [0.15, 0.2) is 0 Å². The van der Waals surface area contributed by atoms with Crippen LogP contribution in [0.1, 0.15) is 25.7 Å². The van der Waals surface area contributed by atoms with E-state index in [0.29, 0.717) is 11.7 Å². The molecule has 1 atom stereocenters. The molecule has 84 valence electrons. The fourth-order valence-electron chi connectivity index (χ4n) is 1.98. The molecule has 0 aromatic heterocycles. The van der Waals surface area contributed by atoms with Crippen LogP contribution in [0.3, 0.4) is 0 Å². The molecule has 1 unspecified atom stereocenters. The van der Waals surface area contributed by atoms with Crippen LogP contribution < -0.4 is 0 Å². The molecule has 0 spiro atoms. The molecule has 1 saturated heterocycles. The predicted molar refractivity (Wildman–Crippen MR) is 59.2 cm³/mol. The second-order valence-electron chi connectivity index (χ2n) is 4.52. The monoisotopic (exact) mass is 219 g/mol. The molecule has 1 heterocycles. The van der Waals surface area contributed by atoms with Crippen LogP contribution in [0.2, 0.25) is 0 Å². The Hall–Kier alpha value is -0.0900. The highest BCUT2D eigenvalue weighted by molar-refractivity contribution is 7.90. The molecule has 0 aromatic rings. The van der Waals surface area contributed by atoms with Crippen molar-refractivity contribution >= 4 is 9.84 Å². The van der Waals surface area contributed by atoms with Gasteiger partial charge in [0.25, 0.3) is 0 Å². The maximum Gasteiger partial charge on any atom is 0.147 e. The van der Waals surface area contributed by atoms with Crippen LogP contribution in [-0.4, -0.2) is 45.5 Å². The minimum atomic E-state index is -2.76. The average Bonchev–Trinajstić information content (AvgIpc) is 2.25. The van der Waals surface area contributed by atoms with Crippen molar-refractivity contribution in [3.05, 3.63) is 0 Å². The minimum Gasteiger partial charge on any atom is -0.306 e. The Morgan fingerprint density at radius 3 is 2.64 bits per heavy atom. The first-order chi connectivity index (χ1) is 6.47. The lowest BCUT2D eigenvalue weighted by Gasteiger charge is -2.14. The Balaban J connectivity index is 2.31. The fourth-order valence-corrected chi connectivity index (χ4v) is 2.74. The summed E-state index contributed by atoms with van der Waals surface area (Å²) >= 11 is 0. The molecule has 0 aromatic carbocycles. The first kappa shape index (κ1) is 12.0. The quantitative estimate of drug-likeness (QED) is 0.714. The van der Waals surface area contributed by atoms with Crippen molar-refractivity contribution in [2.75, 3.05) is 32.1 Å². The van der Waals surface area contributed by atoms with Crippen molar-refractivity contribution < 1.29 is 8.42 Å². The van der Waals surface area contributed by atoms with Gasteiger partial charge in [-0.25, -0.2) is 8.42 Å². The van der Waals surface area contributed by atoms with E-state index >= 15 is 0 Å². The van der Waals surface area contributed by atoms with E-state index < -0.39 is 9.84 Å². The predicted octanol–water partition coefficient (Wildman–Crippen LogP) is 1.15. The zero-order chi connectivity index (χ0) is 10.6. The third-order valence-electron chi connectivity index (χ3n) is 2.97. The first-order valence-electron chi connectivity index (χ1n) is 5.33. The maximum absolute atomic E-state index is 11.0. The Bertz CT molecular complexity index is 261. The van der Waals surface area contributed by atoms with Gasteiger partial charge in [-0.1, -0.05) is 0 Å². The number of hydrogen-bond acceptors (Lipinski definition) is 3. The Kier molecular flexibility index (Phi) is 4.38. The van der Waals surface area contributed by atoms with Crippen LogP contribution in [0.25, 0.3) is 0 Å². The zero-order valence-corrected chi connectivity index (χ0v) is 10.0. The van der Waals surface area contributed by atoms with Gasteiger partial charge in [0.1, 0.15) is 9.84 Å². The van der Waals surface area contributed by atoms with Crippen molar-refractivity contribution in [1.82, 2.24) is 4.90 Å². The largest absolute Gasteiger partial charge is 0.306 e. The number of nitrogens with zero attached hydrogens (tertiary/aromatic N) is 1. The van der Waals surface area contributed by atoms with Crippen molar-refractivity contribution in [3.63, 3.8) is 0 Å². The highest BCUT2D eigenvalue weighted by Gasteiger charge is 2.16. The van der Waals surface area contributed by atoms with Gasteiger partial charge in [-0.05, 0) is 51.7 Å². The van der Waals surface area contributed by atoms with E-state index in [1.54, 1.807) is 0 Å². The topological polar surface area (TPSA) is 37.4 Å². The molecule has 4 heteroatoms. The van der Waals surface area contributed by atoms with Gasteiger partial charge in [0.2, 0.25) is 0 Å². The highest BCUT2D eigenvalue weighted by Crippen LogP contribution is 2.20. The SMILES string of the molecule is CN1CCCC(CCS(C)(=O)=O)CC1. The van der Waals surface area contributed by atoms with Gasteiger partial charge in [-0.3, -0.25) is 0 Å². The molecule has 1 rings (SSSR count). The Labute approximate surface area is 87.4 Å². The lowest BCUT2D eigenvalue weighted by molar-refractivity contribution is 0.340. The van der Waals surface area contributed by atoms with Crippen molar-refractivity contribution in [3.8, 4) is 0 Å². The summed E-state index contributed by atoms with van der Waals surface area (Å²) in [6, 6.07) is 0. The van der Waals surface area contributed by atoms with E-state index in [1.807, 2.05) is 0 Å². The second-order valence-corrected chi connectivity index (χ2v) is 6.78. The number of rotatable bonds is 3. The number of likely N-dealkylation sites (tertiary alicyclic amines) is 1. The molecule has 0 N–H and O–H groups in total. The van der Waals surface area contributed by atoms with Crippen LogP contribution in [0.4, 0.5) is 0 Å². The third-order valence-corrected chi connectivity index (χ3v) is 3.95. The van der Waals surface area contributed by atoms with Gasteiger partial charge >= 0.3 is 0 Å². The Morgan fingerprint density at radius 1 is 1.29 bits per heavy atom. The van der Waals surface area contributed by atoms with E-state index in [0.717, 1.165) is 25.9 Å². The molecule has 0 aliphatic carbocycles. The average molecular weight is 219 g/mol. The standard InChI is InChI=1S/C10H21NO2S/c1-11-7-3-4-10(5-8-11)6-9-14(2,12)13/h10H,3-9H2,1-2H3. The maximum atomic E-state index is 11.0.